The summed E-state index contributed by atoms with van der Waals surface area (Å²) in [4.78, 5) is 19.1. The van der Waals surface area contributed by atoms with Crippen LogP contribution in [-0.2, 0) is 14.8 Å². The summed E-state index contributed by atoms with van der Waals surface area (Å²) in [6.45, 7) is 3.18. The van der Waals surface area contributed by atoms with E-state index in [4.69, 9.17) is 10.5 Å². The number of hydrogen-bond acceptors (Lipinski definition) is 9. The molecule has 9 nitrogen and oxygen atoms in total. The number of hydrogen-bond donors (Lipinski definition) is 2. The number of likely N-dealkylation sites (tertiary alicyclic amines) is 1. The van der Waals surface area contributed by atoms with Crippen LogP contribution in [0.15, 0.2) is 18.2 Å². The van der Waals surface area contributed by atoms with Crippen LogP contribution in [0.2, 0.25) is 0 Å². The molecule has 0 spiro atoms. The fourth-order valence-corrected chi connectivity index (χ4v) is 7.60. The first-order chi connectivity index (χ1) is 17.2. The number of carbonyl (C=O) groups is 1. The van der Waals surface area contributed by atoms with Crippen molar-refractivity contribution in [1.29, 1.82) is 0 Å². The molecule has 196 valence electrons. The van der Waals surface area contributed by atoms with Crippen LogP contribution >= 0.6 is 11.3 Å². The first-order valence-electron chi connectivity index (χ1n) is 12.1. The fourth-order valence-electron chi connectivity index (χ4n) is 5.17. The van der Waals surface area contributed by atoms with Crippen molar-refractivity contribution in [3.63, 3.8) is 0 Å². The lowest BCUT2D eigenvalue weighted by Gasteiger charge is -2.32. The molecule has 0 aliphatic carbocycles. The zero-order valence-corrected chi connectivity index (χ0v) is 21.3. The van der Waals surface area contributed by atoms with E-state index in [0.717, 1.165) is 49.6 Å². The second-order valence-electron chi connectivity index (χ2n) is 9.49. The van der Waals surface area contributed by atoms with Gasteiger partial charge in [0.25, 0.3) is 0 Å². The molecule has 0 amide bonds. The minimum atomic E-state index is -3.34. The highest BCUT2D eigenvalue weighted by Gasteiger charge is 2.38. The van der Waals surface area contributed by atoms with Crippen molar-refractivity contribution >= 4 is 38.1 Å². The number of nitrogen functional groups attached to an aromatic ring is 1. The highest BCUT2D eigenvalue weighted by Crippen LogP contribution is 2.31. The molecule has 13 heteroatoms. The summed E-state index contributed by atoms with van der Waals surface area (Å²) < 4.78 is 60.9. The molecule has 1 aromatic heterocycles. The van der Waals surface area contributed by atoms with E-state index in [1.807, 2.05) is 0 Å². The van der Waals surface area contributed by atoms with E-state index in [2.05, 4.69) is 15.2 Å². The first-order valence-corrected chi connectivity index (χ1v) is 14.5. The van der Waals surface area contributed by atoms with Gasteiger partial charge in [0.2, 0.25) is 15.8 Å². The number of ketones is 1. The Kier molecular flexibility index (Phi) is 7.27. The number of fused-ring (bicyclic) bond motifs is 2. The summed E-state index contributed by atoms with van der Waals surface area (Å²) in [6, 6.07) is 3.58. The highest BCUT2D eigenvalue weighted by atomic mass is 32.2. The third-order valence-corrected chi connectivity index (χ3v) is 10.0. The van der Waals surface area contributed by atoms with Gasteiger partial charge in [0.05, 0.1) is 24.0 Å². The number of nitrogens with one attached hydrogen (secondary N) is 1. The predicted octanol–water partition coefficient (Wildman–Crippen LogP) is 2.30. The molecule has 0 radical (unpaired) electrons. The van der Waals surface area contributed by atoms with Crippen LogP contribution in [0, 0.1) is 11.6 Å². The largest absolute Gasteiger partial charge is 0.382 e. The molecule has 4 heterocycles. The van der Waals surface area contributed by atoms with Gasteiger partial charge in [-0.25, -0.2) is 26.5 Å². The van der Waals surface area contributed by atoms with E-state index in [9.17, 15) is 22.0 Å². The van der Waals surface area contributed by atoms with Gasteiger partial charge in [0, 0.05) is 31.7 Å². The van der Waals surface area contributed by atoms with Crippen LogP contribution in [0.4, 0.5) is 19.7 Å². The molecule has 3 saturated heterocycles. The molecule has 2 bridgehead atoms. The van der Waals surface area contributed by atoms with E-state index in [1.54, 1.807) is 0 Å². The summed E-state index contributed by atoms with van der Waals surface area (Å²) in [5.74, 6) is -2.76. The maximum absolute atomic E-state index is 14.0. The Labute approximate surface area is 212 Å². The summed E-state index contributed by atoms with van der Waals surface area (Å²) >= 11 is 0.932. The van der Waals surface area contributed by atoms with Gasteiger partial charge in [-0.3, -0.25) is 9.69 Å². The standard InChI is InChI=1S/C23H29F2N5O4S2/c24-17-3-1-4-18(25)19(17)20(31)21-22(26)28-23(35-21)27-14-5-8-30(9-6-14)36(32,33)10-2-7-29-12-16-11-15(29)13-34-16/h1,3-4,14-16H,2,5-13,26H2,(H,27,28)/t15-,16-/m0/s1. The number of rotatable bonds is 9. The summed E-state index contributed by atoms with van der Waals surface area (Å²) in [5.41, 5.74) is 5.21. The number of nitrogens with two attached hydrogens (primary N) is 1. The first kappa shape index (κ1) is 25.5. The van der Waals surface area contributed by atoms with Crippen molar-refractivity contribution in [3.05, 3.63) is 40.3 Å². The van der Waals surface area contributed by atoms with Crippen LogP contribution in [0.3, 0.4) is 0 Å². The van der Waals surface area contributed by atoms with Crippen molar-refractivity contribution < 1.29 is 26.7 Å². The Morgan fingerprint density at radius 2 is 1.97 bits per heavy atom. The van der Waals surface area contributed by atoms with Crippen LogP contribution in [0.25, 0.3) is 0 Å². The Hall–Kier alpha value is -2.19. The van der Waals surface area contributed by atoms with Crippen molar-refractivity contribution in [1.82, 2.24) is 14.2 Å². The number of ether oxygens (including phenoxy) is 1. The van der Waals surface area contributed by atoms with Crippen molar-refractivity contribution in [2.24, 2.45) is 0 Å². The average Bonchev–Trinajstić information content (AvgIpc) is 3.55. The Morgan fingerprint density at radius 1 is 1.25 bits per heavy atom. The molecular weight excluding hydrogens is 512 g/mol. The Morgan fingerprint density at radius 3 is 2.61 bits per heavy atom. The summed E-state index contributed by atoms with van der Waals surface area (Å²) in [7, 11) is -3.34. The monoisotopic (exact) mass is 541 g/mol. The van der Waals surface area contributed by atoms with Crippen LogP contribution in [0.5, 0.6) is 0 Å². The number of nitrogens with zero attached hydrogens (tertiary/aromatic N) is 3. The molecule has 36 heavy (non-hydrogen) atoms. The highest BCUT2D eigenvalue weighted by molar-refractivity contribution is 7.89. The molecule has 3 N–H and O–H groups in total. The Bertz CT molecular complexity index is 1210. The number of halogens is 2. The summed E-state index contributed by atoms with van der Waals surface area (Å²) in [5, 5.41) is 3.55. The summed E-state index contributed by atoms with van der Waals surface area (Å²) in [6.07, 6.45) is 3.09. The van der Waals surface area contributed by atoms with Gasteiger partial charge in [0.15, 0.2) is 5.13 Å². The number of aromatic nitrogens is 1. The van der Waals surface area contributed by atoms with E-state index < -0.39 is 33.0 Å². The number of thiazole rings is 1. The number of carbonyl (C=O) groups excluding carboxylic acids is 1. The number of sulfonamides is 1. The maximum atomic E-state index is 14.0. The lowest BCUT2D eigenvalue weighted by molar-refractivity contribution is 0.0308. The predicted molar refractivity (Wildman–Crippen MR) is 133 cm³/mol. The van der Waals surface area contributed by atoms with Crippen LogP contribution in [-0.4, -0.2) is 85.1 Å². The molecule has 3 fully saturated rings. The topological polar surface area (TPSA) is 118 Å². The van der Waals surface area contributed by atoms with Gasteiger partial charge in [-0.05, 0) is 44.4 Å². The number of anilines is 2. The van der Waals surface area contributed by atoms with E-state index in [1.165, 1.54) is 10.4 Å². The minimum absolute atomic E-state index is 0.0423. The zero-order valence-electron chi connectivity index (χ0n) is 19.7. The fraction of sp³-hybridized carbons (Fsp3) is 0.565. The SMILES string of the molecule is Nc1nc(NC2CCN(S(=O)(=O)CCCN3C[C@@H]4C[C@H]3CO4)CC2)sc1C(=O)c1c(F)cccc1F. The Balaban J connectivity index is 1.12. The lowest BCUT2D eigenvalue weighted by Crippen LogP contribution is -2.44. The van der Waals surface area contributed by atoms with Gasteiger partial charge < -0.3 is 15.8 Å². The number of benzene rings is 1. The van der Waals surface area contributed by atoms with Crippen molar-refractivity contribution in [2.45, 2.75) is 43.9 Å². The maximum Gasteiger partial charge on any atom is 0.214 e. The second kappa shape index (κ2) is 10.3. The van der Waals surface area contributed by atoms with Gasteiger partial charge in [0.1, 0.15) is 22.3 Å². The molecule has 5 rings (SSSR count). The molecule has 2 aromatic rings. The molecule has 3 aliphatic rings. The minimum Gasteiger partial charge on any atom is -0.382 e. The molecule has 3 aliphatic heterocycles. The molecule has 1 aromatic carbocycles. The van der Waals surface area contributed by atoms with E-state index in [-0.39, 0.29) is 22.5 Å². The molecule has 0 unspecified atom stereocenters. The third kappa shape index (κ3) is 5.25. The quantitative estimate of drug-likeness (QED) is 0.465. The van der Waals surface area contributed by atoms with Crippen LogP contribution in [0.1, 0.15) is 40.9 Å². The second-order valence-corrected chi connectivity index (χ2v) is 12.6. The van der Waals surface area contributed by atoms with Crippen LogP contribution < -0.4 is 11.1 Å². The number of morpholine rings is 1. The third-order valence-electron chi connectivity index (χ3n) is 7.09. The molecule has 2 atom stereocenters. The van der Waals surface area contributed by atoms with Gasteiger partial charge in [-0.2, -0.15) is 0 Å². The normalized spacial score (nSPS) is 23.4. The molecular formula is C23H29F2N5O4S2. The number of piperidine rings is 1. The van der Waals surface area contributed by atoms with Gasteiger partial charge in [-0.1, -0.05) is 17.4 Å². The van der Waals surface area contributed by atoms with E-state index in [0.29, 0.717) is 49.6 Å². The van der Waals surface area contributed by atoms with Gasteiger partial charge in [-0.15, -0.1) is 0 Å². The van der Waals surface area contributed by atoms with Crippen molar-refractivity contribution in [2.75, 3.05) is 49.6 Å². The van der Waals surface area contributed by atoms with Crippen molar-refractivity contribution in [3.8, 4) is 0 Å². The molecule has 0 saturated carbocycles. The zero-order chi connectivity index (χ0) is 25.4. The average molecular weight is 542 g/mol. The lowest BCUT2D eigenvalue weighted by atomic mass is 10.1. The van der Waals surface area contributed by atoms with E-state index >= 15 is 0 Å². The van der Waals surface area contributed by atoms with Gasteiger partial charge >= 0.3 is 0 Å². The smallest absolute Gasteiger partial charge is 0.214 e.